The number of halogens is 1. The zero-order valence-electron chi connectivity index (χ0n) is 14.2. The number of hydrogen-bond donors (Lipinski definition) is 0. The minimum atomic E-state index is 0.754. The Balaban J connectivity index is 1.79. The number of aromatic nitrogens is 2. The maximum absolute atomic E-state index is 6.19. The van der Waals surface area contributed by atoms with Crippen LogP contribution in [0.15, 0.2) is 36.5 Å². The molecule has 1 saturated heterocycles. The van der Waals surface area contributed by atoms with Crippen molar-refractivity contribution in [3.8, 4) is 0 Å². The van der Waals surface area contributed by atoms with Gasteiger partial charge in [0, 0.05) is 24.3 Å². The third-order valence-electron chi connectivity index (χ3n) is 5.38. The second-order valence-corrected chi connectivity index (χ2v) is 7.31. The Bertz CT molecular complexity index is 855. The summed E-state index contributed by atoms with van der Waals surface area (Å²) in [6, 6.07) is 10.2. The summed E-state index contributed by atoms with van der Waals surface area (Å²) in [6.07, 6.45) is 8.63. The number of fused-ring (bicyclic) bond motifs is 3. The molecule has 0 N–H and O–H groups in total. The van der Waals surface area contributed by atoms with Gasteiger partial charge in [-0.3, -0.25) is 0 Å². The highest BCUT2D eigenvalue weighted by atomic mass is 35.5. The highest BCUT2D eigenvalue weighted by Crippen LogP contribution is 2.29. The molecule has 3 aromatic rings. The summed E-state index contributed by atoms with van der Waals surface area (Å²) in [5.74, 6) is 1.97. The van der Waals surface area contributed by atoms with E-state index in [4.69, 9.17) is 16.6 Å². The van der Waals surface area contributed by atoms with Crippen molar-refractivity contribution in [3.05, 3.63) is 41.6 Å². The van der Waals surface area contributed by atoms with Crippen LogP contribution in [0.5, 0.6) is 0 Å². The molecule has 1 atom stereocenters. The Labute approximate surface area is 148 Å². The minimum absolute atomic E-state index is 0.754. The number of nitrogens with zero attached hydrogens (tertiary/aromatic N) is 3. The summed E-state index contributed by atoms with van der Waals surface area (Å²) in [7, 11) is 0. The molecule has 3 heterocycles. The molecule has 1 aliphatic heterocycles. The van der Waals surface area contributed by atoms with Crippen LogP contribution in [-0.4, -0.2) is 22.5 Å². The number of anilines is 1. The van der Waals surface area contributed by atoms with Crippen molar-refractivity contribution in [2.24, 2.45) is 5.92 Å². The molecule has 0 radical (unpaired) electrons. The van der Waals surface area contributed by atoms with Crippen molar-refractivity contribution in [3.63, 3.8) is 0 Å². The predicted octanol–water partition coefficient (Wildman–Crippen LogP) is 5.55. The van der Waals surface area contributed by atoms with Crippen molar-refractivity contribution in [2.75, 3.05) is 18.0 Å². The van der Waals surface area contributed by atoms with Crippen LogP contribution in [0, 0.1) is 5.92 Å². The van der Waals surface area contributed by atoms with Gasteiger partial charge < -0.3 is 9.30 Å². The van der Waals surface area contributed by atoms with Crippen LogP contribution in [0.1, 0.15) is 39.0 Å². The van der Waals surface area contributed by atoms with Crippen LogP contribution in [0.4, 0.5) is 5.82 Å². The first-order valence-corrected chi connectivity index (χ1v) is 9.45. The lowest BCUT2D eigenvalue weighted by atomic mass is 9.94. The molecule has 0 spiro atoms. The standard InChI is InChI=1S/C20H24ClN3/c1-2-15-6-3-4-11-23(13-10-15)20-18-7-5-12-24(18)19-14-16(21)8-9-17(19)22-20/h5,7-9,12,14-15H,2-4,6,10-11,13H2,1H3. The van der Waals surface area contributed by atoms with Gasteiger partial charge in [0.25, 0.3) is 0 Å². The van der Waals surface area contributed by atoms with Crippen LogP contribution in [0.2, 0.25) is 5.02 Å². The molecule has 0 aliphatic carbocycles. The molecule has 2 aromatic heterocycles. The maximum atomic E-state index is 6.19. The van der Waals surface area contributed by atoms with Crippen molar-refractivity contribution in [1.82, 2.24) is 9.38 Å². The molecule has 24 heavy (non-hydrogen) atoms. The van der Waals surface area contributed by atoms with Crippen molar-refractivity contribution in [2.45, 2.75) is 39.0 Å². The van der Waals surface area contributed by atoms with Gasteiger partial charge in [0.15, 0.2) is 5.82 Å². The van der Waals surface area contributed by atoms with Crippen molar-refractivity contribution >= 4 is 34.0 Å². The van der Waals surface area contributed by atoms with Gasteiger partial charge in [-0.15, -0.1) is 0 Å². The predicted molar refractivity (Wildman–Crippen MR) is 102 cm³/mol. The second kappa shape index (κ2) is 6.64. The lowest BCUT2D eigenvalue weighted by Crippen LogP contribution is -2.30. The van der Waals surface area contributed by atoms with Crippen molar-refractivity contribution in [1.29, 1.82) is 0 Å². The molecule has 1 fully saturated rings. The average Bonchev–Trinajstić information content (AvgIpc) is 3.05. The molecular formula is C20H24ClN3. The Morgan fingerprint density at radius 1 is 1.12 bits per heavy atom. The molecule has 3 nitrogen and oxygen atoms in total. The summed E-state index contributed by atoms with van der Waals surface area (Å²) in [4.78, 5) is 7.50. The average molecular weight is 342 g/mol. The zero-order chi connectivity index (χ0) is 16.5. The number of hydrogen-bond acceptors (Lipinski definition) is 2. The van der Waals surface area contributed by atoms with E-state index in [9.17, 15) is 0 Å². The SMILES string of the molecule is CCC1CCCCN(c2nc3ccc(Cl)cc3n3cccc23)CC1. The fraction of sp³-hybridized carbons (Fsp3) is 0.450. The first-order chi connectivity index (χ1) is 11.8. The smallest absolute Gasteiger partial charge is 0.153 e. The Kier molecular flexibility index (Phi) is 4.36. The Morgan fingerprint density at radius 2 is 2.04 bits per heavy atom. The molecule has 1 aromatic carbocycles. The zero-order valence-corrected chi connectivity index (χ0v) is 15.0. The molecule has 1 aliphatic rings. The number of rotatable bonds is 2. The van der Waals surface area contributed by atoms with E-state index in [1.165, 1.54) is 37.6 Å². The largest absolute Gasteiger partial charge is 0.355 e. The highest BCUT2D eigenvalue weighted by Gasteiger charge is 2.18. The quantitative estimate of drug-likeness (QED) is 0.609. The second-order valence-electron chi connectivity index (χ2n) is 6.88. The lowest BCUT2D eigenvalue weighted by Gasteiger charge is -2.29. The maximum Gasteiger partial charge on any atom is 0.153 e. The molecule has 0 saturated carbocycles. The van der Waals surface area contributed by atoms with Gasteiger partial charge in [0.1, 0.15) is 0 Å². The molecule has 126 valence electrons. The summed E-state index contributed by atoms with van der Waals surface area (Å²) in [6.45, 7) is 4.52. The van der Waals surface area contributed by atoms with E-state index < -0.39 is 0 Å². The van der Waals surface area contributed by atoms with E-state index in [1.807, 2.05) is 18.2 Å². The van der Waals surface area contributed by atoms with E-state index in [0.717, 1.165) is 40.9 Å². The summed E-state index contributed by atoms with van der Waals surface area (Å²) >= 11 is 6.19. The fourth-order valence-electron chi connectivity index (χ4n) is 3.91. The Morgan fingerprint density at radius 3 is 2.92 bits per heavy atom. The van der Waals surface area contributed by atoms with Gasteiger partial charge in [-0.25, -0.2) is 4.98 Å². The van der Waals surface area contributed by atoms with Gasteiger partial charge in [-0.1, -0.05) is 37.8 Å². The summed E-state index contributed by atoms with van der Waals surface area (Å²) in [5, 5.41) is 0.754. The first-order valence-electron chi connectivity index (χ1n) is 9.07. The van der Waals surface area contributed by atoms with Crippen LogP contribution in [-0.2, 0) is 0 Å². The van der Waals surface area contributed by atoms with Gasteiger partial charge in [0.05, 0.1) is 16.6 Å². The summed E-state index contributed by atoms with van der Waals surface area (Å²) in [5.41, 5.74) is 3.26. The monoisotopic (exact) mass is 341 g/mol. The van der Waals surface area contributed by atoms with E-state index in [0.29, 0.717) is 0 Å². The van der Waals surface area contributed by atoms with Gasteiger partial charge >= 0.3 is 0 Å². The van der Waals surface area contributed by atoms with Crippen LogP contribution < -0.4 is 4.90 Å². The molecule has 0 amide bonds. The first kappa shape index (κ1) is 15.8. The van der Waals surface area contributed by atoms with Crippen LogP contribution in [0.25, 0.3) is 16.6 Å². The third kappa shape index (κ3) is 2.86. The van der Waals surface area contributed by atoms with Gasteiger partial charge in [-0.2, -0.15) is 0 Å². The highest BCUT2D eigenvalue weighted by molar-refractivity contribution is 6.31. The minimum Gasteiger partial charge on any atom is -0.355 e. The number of benzene rings is 1. The molecule has 1 unspecified atom stereocenters. The van der Waals surface area contributed by atoms with Crippen LogP contribution >= 0.6 is 11.6 Å². The normalized spacial score (nSPS) is 19.6. The van der Waals surface area contributed by atoms with Crippen LogP contribution in [0.3, 0.4) is 0 Å². The van der Waals surface area contributed by atoms with E-state index in [-0.39, 0.29) is 0 Å². The van der Waals surface area contributed by atoms with E-state index >= 15 is 0 Å². The molecule has 0 bridgehead atoms. The van der Waals surface area contributed by atoms with E-state index in [1.54, 1.807) is 0 Å². The van der Waals surface area contributed by atoms with Gasteiger partial charge in [-0.05, 0) is 49.1 Å². The molecule has 4 rings (SSSR count). The van der Waals surface area contributed by atoms with E-state index in [2.05, 4.69) is 34.6 Å². The third-order valence-corrected chi connectivity index (χ3v) is 5.61. The van der Waals surface area contributed by atoms with Crippen molar-refractivity contribution < 1.29 is 0 Å². The van der Waals surface area contributed by atoms with Gasteiger partial charge in [0.2, 0.25) is 0 Å². The fourth-order valence-corrected chi connectivity index (χ4v) is 4.08. The topological polar surface area (TPSA) is 20.5 Å². The lowest BCUT2D eigenvalue weighted by molar-refractivity contribution is 0.397. The molecular weight excluding hydrogens is 318 g/mol. The Hall–Kier alpha value is -1.74. The summed E-state index contributed by atoms with van der Waals surface area (Å²) < 4.78 is 2.22. The molecule has 4 heteroatoms.